The number of carbonyl (C=O) groups is 1. The number of nitrogens with zero attached hydrogens (tertiary/aromatic N) is 3. The standard InChI is InChI=1S/C16H26N4O4/c1-19-15(18-20(2)16(19)23)11-5-12(13(21)6-11)7-17-14(22)9-24-8-10-3-4-10/h10-13,21H,3-9H2,1-2H3,(H,17,22)/t11-,12+,13+/m0/s1. The lowest BCUT2D eigenvalue weighted by atomic mass is 10.0. The zero-order valence-electron chi connectivity index (χ0n) is 14.3. The van der Waals surface area contributed by atoms with Crippen molar-refractivity contribution in [2.75, 3.05) is 19.8 Å². The number of nitrogens with one attached hydrogen (secondary N) is 1. The van der Waals surface area contributed by atoms with Crippen molar-refractivity contribution < 1.29 is 14.6 Å². The first-order chi connectivity index (χ1) is 11.5. The molecule has 0 spiro atoms. The van der Waals surface area contributed by atoms with Crippen molar-refractivity contribution in [3.05, 3.63) is 16.3 Å². The molecule has 0 saturated heterocycles. The molecule has 3 atom stereocenters. The first-order valence-electron chi connectivity index (χ1n) is 8.58. The maximum Gasteiger partial charge on any atom is 0.345 e. The third-order valence-electron chi connectivity index (χ3n) is 5.03. The second-order valence-corrected chi connectivity index (χ2v) is 7.08. The molecule has 0 aromatic carbocycles. The van der Waals surface area contributed by atoms with Gasteiger partial charge in [0, 0.05) is 32.5 Å². The van der Waals surface area contributed by atoms with E-state index in [4.69, 9.17) is 4.74 Å². The molecular formula is C16H26N4O4. The number of ether oxygens (including phenoxy) is 1. The summed E-state index contributed by atoms with van der Waals surface area (Å²) in [4.78, 5) is 23.6. The molecule has 1 aromatic rings. The van der Waals surface area contributed by atoms with Crippen LogP contribution in [0.2, 0.25) is 0 Å². The van der Waals surface area contributed by atoms with Gasteiger partial charge in [-0.05, 0) is 31.6 Å². The molecule has 0 radical (unpaired) electrons. The summed E-state index contributed by atoms with van der Waals surface area (Å²) in [5.41, 5.74) is -0.163. The molecule has 24 heavy (non-hydrogen) atoms. The highest BCUT2D eigenvalue weighted by Crippen LogP contribution is 2.37. The van der Waals surface area contributed by atoms with Gasteiger partial charge in [0.15, 0.2) is 0 Å². The molecule has 0 unspecified atom stereocenters. The predicted molar refractivity (Wildman–Crippen MR) is 86.5 cm³/mol. The van der Waals surface area contributed by atoms with Gasteiger partial charge in [0.05, 0.1) is 12.7 Å². The Kier molecular flexibility index (Phi) is 5.05. The van der Waals surface area contributed by atoms with Crippen molar-refractivity contribution in [1.29, 1.82) is 0 Å². The topological polar surface area (TPSA) is 98.4 Å². The van der Waals surface area contributed by atoms with Crippen LogP contribution in [0, 0.1) is 11.8 Å². The van der Waals surface area contributed by atoms with Crippen molar-refractivity contribution in [1.82, 2.24) is 19.7 Å². The van der Waals surface area contributed by atoms with E-state index in [-0.39, 0.29) is 30.0 Å². The molecule has 0 bridgehead atoms. The number of hydrogen-bond donors (Lipinski definition) is 2. The Labute approximate surface area is 140 Å². The second-order valence-electron chi connectivity index (χ2n) is 7.08. The first-order valence-corrected chi connectivity index (χ1v) is 8.58. The van der Waals surface area contributed by atoms with Crippen LogP contribution >= 0.6 is 0 Å². The predicted octanol–water partition coefficient (Wildman–Crippen LogP) is -0.484. The lowest BCUT2D eigenvalue weighted by Crippen LogP contribution is -2.34. The zero-order valence-corrected chi connectivity index (χ0v) is 14.3. The Bertz CT molecular complexity index is 649. The number of hydrogen-bond acceptors (Lipinski definition) is 5. The summed E-state index contributed by atoms with van der Waals surface area (Å²) in [6.45, 7) is 1.16. The third kappa shape index (κ3) is 3.87. The van der Waals surface area contributed by atoms with Crippen LogP contribution in [0.15, 0.2) is 4.79 Å². The van der Waals surface area contributed by atoms with Gasteiger partial charge in [0.25, 0.3) is 0 Å². The highest BCUT2D eigenvalue weighted by Gasteiger charge is 2.36. The number of rotatable bonds is 7. The lowest BCUT2D eigenvalue weighted by molar-refractivity contribution is -0.126. The molecule has 2 N–H and O–H groups in total. The normalized spacial score (nSPS) is 26.7. The van der Waals surface area contributed by atoms with E-state index in [9.17, 15) is 14.7 Å². The van der Waals surface area contributed by atoms with E-state index in [2.05, 4.69) is 10.4 Å². The van der Waals surface area contributed by atoms with Crippen molar-refractivity contribution in [3.63, 3.8) is 0 Å². The molecule has 3 rings (SSSR count). The average Bonchev–Trinajstić information content (AvgIpc) is 3.25. The van der Waals surface area contributed by atoms with Crippen LogP contribution in [0.4, 0.5) is 0 Å². The highest BCUT2D eigenvalue weighted by atomic mass is 16.5. The van der Waals surface area contributed by atoms with Gasteiger partial charge in [-0.1, -0.05) is 0 Å². The van der Waals surface area contributed by atoms with Crippen LogP contribution in [0.3, 0.4) is 0 Å². The van der Waals surface area contributed by atoms with Crippen molar-refractivity contribution in [2.45, 2.75) is 37.7 Å². The Morgan fingerprint density at radius 3 is 2.75 bits per heavy atom. The SMILES string of the molecule is Cn1nc([C@H]2C[C@H](CNC(=O)COCC3CC3)[C@H](O)C2)n(C)c1=O. The molecule has 2 aliphatic carbocycles. The van der Waals surface area contributed by atoms with E-state index in [1.165, 1.54) is 22.1 Å². The van der Waals surface area contributed by atoms with Crippen LogP contribution in [0.1, 0.15) is 37.4 Å². The quantitative estimate of drug-likeness (QED) is 0.699. The minimum atomic E-state index is -0.500. The summed E-state index contributed by atoms with van der Waals surface area (Å²) in [7, 11) is 3.32. The van der Waals surface area contributed by atoms with Gasteiger partial charge in [0.1, 0.15) is 12.4 Å². The van der Waals surface area contributed by atoms with E-state index >= 15 is 0 Å². The number of amides is 1. The number of aliphatic hydroxyl groups excluding tert-OH is 1. The summed E-state index contributed by atoms with van der Waals surface area (Å²) < 4.78 is 8.20. The second kappa shape index (κ2) is 7.06. The van der Waals surface area contributed by atoms with Crippen LogP contribution in [0.5, 0.6) is 0 Å². The molecule has 0 aliphatic heterocycles. The monoisotopic (exact) mass is 338 g/mol. The number of carbonyl (C=O) groups excluding carboxylic acids is 1. The maximum absolute atomic E-state index is 11.8. The smallest absolute Gasteiger partial charge is 0.345 e. The van der Waals surface area contributed by atoms with Crippen LogP contribution < -0.4 is 11.0 Å². The van der Waals surface area contributed by atoms with Gasteiger partial charge in [-0.15, -0.1) is 0 Å². The molecule has 8 nitrogen and oxygen atoms in total. The fourth-order valence-corrected chi connectivity index (χ4v) is 3.37. The van der Waals surface area contributed by atoms with Crippen LogP contribution in [-0.4, -0.2) is 51.2 Å². The van der Waals surface area contributed by atoms with Crippen molar-refractivity contribution in [2.24, 2.45) is 25.9 Å². The van der Waals surface area contributed by atoms with Crippen LogP contribution in [0.25, 0.3) is 0 Å². The van der Waals surface area contributed by atoms with Crippen molar-refractivity contribution in [3.8, 4) is 0 Å². The van der Waals surface area contributed by atoms with E-state index < -0.39 is 6.10 Å². The highest BCUT2D eigenvalue weighted by molar-refractivity contribution is 5.77. The van der Waals surface area contributed by atoms with E-state index in [0.29, 0.717) is 37.7 Å². The Morgan fingerprint density at radius 2 is 2.12 bits per heavy atom. The number of aliphatic hydroxyl groups is 1. The number of aromatic nitrogens is 3. The van der Waals surface area contributed by atoms with Gasteiger partial charge >= 0.3 is 5.69 Å². The van der Waals surface area contributed by atoms with Gasteiger partial charge < -0.3 is 15.2 Å². The van der Waals surface area contributed by atoms with Crippen LogP contribution in [-0.2, 0) is 23.6 Å². The molecule has 134 valence electrons. The Morgan fingerprint density at radius 1 is 1.38 bits per heavy atom. The van der Waals surface area contributed by atoms with Gasteiger partial charge in [-0.3, -0.25) is 9.36 Å². The van der Waals surface area contributed by atoms with Gasteiger partial charge in [-0.25, -0.2) is 9.48 Å². The average molecular weight is 338 g/mol. The summed E-state index contributed by atoms with van der Waals surface area (Å²) in [5, 5.41) is 17.4. The minimum absolute atomic E-state index is 0.0282. The molecule has 2 aliphatic rings. The number of aryl methyl sites for hydroxylation is 1. The summed E-state index contributed by atoms with van der Waals surface area (Å²) in [6, 6.07) is 0. The fraction of sp³-hybridized carbons (Fsp3) is 0.812. The van der Waals surface area contributed by atoms with E-state index in [0.717, 1.165) is 0 Å². The molecule has 1 amide bonds. The van der Waals surface area contributed by atoms with Crippen molar-refractivity contribution >= 4 is 5.91 Å². The summed E-state index contributed by atoms with van der Waals surface area (Å²) >= 11 is 0. The zero-order chi connectivity index (χ0) is 17.3. The Balaban J connectivity index is 1.47. The molecule has 8 heteroatoms. The Hall–Kier alpha value is -1.67. The minimum Gasteiger partial charge on any atom is -0.393 e. The molecule has 2 saturated carbocycles. The molecule has 2 fully saturated rings. The van der Waals surface area contributed by atoms with Gasteiger partial charge in [-0.2, -0.15) is 5.10 Å². The first kappa shape index (κ1) is 17.2. The largest absolute Gasteiger partial charge is 0.393 e. The van der Waals surface area contributed by atoms with E-state index in [1.807, 2.05) is 0 Å². The fourth-order valence-electron chi connectivity index (χ4n) is 3.37. The van der Waals surface area contributed by atoms with E-state index in [1.54, 1.807) is 14.1 Å². The molecule has 1 aromatic heterocycles. The van der Waals surface area contributed by atoms with Gasteiger partial charge in [0.2, 0.25) is 5.91 Å². The maximum atomic E-state index is 11.8. The molecule has 1 heterocycles. The summed E-state index contributed by atoms with van der Waals surface area (Å²) in [6.07, 6.45) is 3.16. The third-order valence-corrected chi connectivity index (χ3v) is 5.03. The lowest BCUT2D eigenvalue weighted by Gasteiger charge is -2.15. The summed E-state index contributed by atoms with van der Waals surface area (Å²) in [5.74, 6) is 1.20. The molecular weight excluding hydrogens is 312 g/mol.